The summed E-state index contributed by atoms with van der Waals surface area (Å²) in [6.07, 6.45) is 4.33. The number of carbonyl (C=O) groups is 2. The number of piperidine rings is 1. The number of carbonyl (C=O) groups excluding carboxylic acids is 2. The lowest BCUT2D eigenvalue weighted by Gasteiger charge is -2.38. The number of Topliss-reactive ketones (excluding diaryl/α,β-unsaturated/α-hetero) is 1. The zero-order chi connectivity index (χ0) is 17.5. The van der Waals surface area contributed by atoms with E-state index in [1.807, 2.05) is 17.9 Å². The van der Waals surface area contributed by atoms with Crippen LogP contribution in [0.1, 0.15) is 56.3 Å². The Bertz CT molecular complexity index is 578. The van der Waals surface area contributed by atoms with Crippen molar-refractivity contribution in [3.63, 3.8) is 0 Å². The van der Waals surface area contributed by atoms with Crippen molar-refractivity contribution >= 4 is 24.1 Å². The van der Waals surface area contributed by atoms with Crippen LogP contribution < -0.4 is 10.5 Å². The Kier molecular flexibility index (Phi) is 8.93. The zero-order valence-electron chi connectivity index (χ0n) is 15.1. The van der Waals surface area contributed by atoms with Gasteiger partial charge in [0.05, 0.1) is 6.61 Å². The highest BCUT2D eigenvalue weighted by Crippen LogP contribution is 2.20. The normalized spacial score (nSPS) is 18.2. The minimum atomic E-state index is 0. The largest absolute Gasteiger partial charge is 0.494 e. The minimum Gasteiger partial charge on any atom is -0.494 e. The lowest BCUT2D eigenvalue weighted by Crippen LogP contribution is -2.51. The fourth-order valence-electron chi connectivity index (χ4n) is 3.18. The second kappa shape index (κ2) is 10.4. The van der Waals surface area contributed by atoms with Gasteiger partial charge in [-0.05, 0) is 51.7 Å². The zero-order valence-corrected chi connectivity index (χ0v) is 15.9. The molecular weight excluding hydrogens is 340 g/mol. The lowest BCUT2D eigenvalue weighted by molar-refractivity contribution is -0.135. The van der Waals surface area contributed by atoms with Crippen molar-refractivity contribution in [1.82, 2.24) is 4.90 Å². The van der Waals surface area contributed by atoms with Crippen molar-refractivity contribution in [1.29, 1.82) is 0 Å². The van der Waals surface area contributed by atoms with Crippen LogP contribution in [0.5, 0.6) is 5.75 Å². The number of nitrogens with two attached hydrogens (primary N) is 1. The number of amides is 1. The summed E-state index contributed by atoms with van der Waals surface area (Å²) < 4.78 is 5.66. The SMILES string of the molecule is CC(=O)c1cccc(OCCCC(=O)N2CCCCC2C(C)N)c1.Cl. The summed E-state index contributed by atoms with van der Waals surface area (Å²) in [5.41, 5.74) is 6.65. The van der Waals surface area contributed by atoms with Gasteiger partial charge in [-0.2, -0.15) is 0 Å². The van der Waals surface area contributed by atoms with Crippen LogP contribution in [0, 0.1) is 0 Å². The van der Waals surface area contributed by atoms with Crippen LogP contribution in [0.3, 0.4) is 0 Å². The van der Waals surface area contributed by atoms with Crippen LogP contribution in [0.15, 0.2) is 24.3 Å². The molecule has 1 aliphatic heterocycles. The molecule has 0 aliphatic carbocycles. The highest BCUT2D eigenvalue weighted by atomic mass is 35.5. The second-order valence-electron chi connectivity index (χ2n) is 6.55. The molecule has 0 aromatic heterocycles. The van der Waals surface area contributed by atoms with E-state index in [4.69, 9.17) is 10.5 Å². The van der Waals surface area contributed by atoms with Crippen LogP contribution in [0.2, 0.25) is 0 Å². The average molecular weight is 369 g/mol. The first kappa shape index (κ1) is 21.5. The van der Waals surface area contributed by atoms with E-state index in [0.717, 1.165) is 25.8 Å². The van der Waals surface area contributed by atoms with Crippen LogP contribution >= 0.6 is 12.4 Å². The van der Waals surface area contributed by atoms with Crippen molar-refractivity contribution in [2.24, 2.45) is 5.73 Å². The molecule has 2 N–H and O–H groups in total. The number of rotatable bonds is 7. The van der Waals surface area contributed by atoms with Gasteiger partial charge in [0, 0.05) is 30.6 Å². The number of hydrogen-bond acceptors (Lipinski definition) is 4. The van der Waals surface area contributed by atoms with E-state index in [9.17, 15) is 9.59 Å². The van der Waals surface area contributed by atoms with Crippen molar-refractivity contribution in [3.05, 3.63) is 29.8 Å². The Balaban J connectivity index is 0.00000312. The topological polar surface area (TPSA) is 72.6 Å². The monoisotopic (exact) mass is 368 g/mol. The Morgan fingerprint density at radius 2 is 2.12 bits per heavy atom. The molecule has 1 aliphatic rings. The van der Waals surface area contributed by atoms with Gasteiger partial charge in [-0.1, -0.05) is 12.1 Å². The average Bonchev–Trinajstić information content (AvgIpc) is 2.58. The van der Waals surface area contributed by atoms with E-state index in [1.54, 1.807) is 18.2 Å². The van der Waals surface area contributed by atoms with Gasteiger partial charge in [-0.15, -0.1) is 12.4 Å². The van der Waals surface area contributed by atoms with Gasteiger partial charge in [0.15, 0.2) is 5.78 Å². The third-order valence-corrected chi connectivity index (χ3v) is 4.52. The molecule has 6 heteroatoms. The number of ketones is 1. The third kappa shape index (κ3) is 6.33. The van der Waals surface area contributed by atoms with Gasteiger partial charge in [0.2, 0.25) is 5.91 Å². The molecule has 2 rings (SSSR count). The molecule has 5 nitrogen and oxygen atoms in total. The van der Waals surface area contributed by atoms with E-state index >= 15 is 0 Å². The maximum absolute atomic E-state index is 12.4. The molecule has 0 saturated carbocycles. The summed E-state index contributed by atoms with van der Waals surface area (Å²) in [5.74, 6) is 0.849. The van der Waals surface area contributed by atoms with Gasteiger partial charge >= 0.3 is 0 Å². The lowest BCUT2D eigenvalue weighted by atomic mass is 9.96. The Labute approximate surface area is 156 Å². The van der Waals surface area contributed by atoms with E-state index < -0.39 is 0 Å². The molecule has 0 spiro atoms. The number of benzene rings is 1. The predicted octanol–water partition coefficient (Wildman–Crippen LogP) is 3.20. The smallest absolute Gasteiger partial charge is 0.222 e. The number of hydrogen-bond donors (Lipinski definition) is 1. The number of likely N-dealkylation sites (tertiary alicyclic amines) is 1. The Morgan fingerprint density at radius 1 is 1.36 bits per heavy atom. The summed E-state index contributed by atoms with van der Waals surface area (Å²) in [6.45, 7) is 4.78. The van der Waals surface area contributed by atoms with Gasteiger partial charge in [0.1, 0.15) is 5.75 Å². The maximum atomic E-state index is 12.4. The molecule has 1 saturated heterocycles. The highest BCUT2D eigenvalue weighted by Gasteiger charge is 2.28. The van der Waals surface area contributed by atoms with E-state index in [0.29, 0.717) is 30.8 Å². The first-order valence-corrected chi connectivity index (χ1v) is 8.78. The molecule has 140 valence electrons. The van der Waals surface area contributed by atoms with Crippen molar-refractivity contribution < 1.29 is 14.3 Å². The molecule has 2 unspecified atom stereocenters. The van der Waals surface area contributed by atoms with Crippen LogP contribution in [0.4, 0.5) is 0 Å². The first-order valence-electron chi connectivity index (χ1n) is 8.78. The molecule has 1 amide bonds. The molecule has 1 aromatic carbocycles. The summed E-state index contributed by atoms with van der Waals surface area (Å²) >= 11 is 0. The van der Waals surface area contributed by atoms with Crippen LogP contribution in [-0.4, -0.2) is 41.8 Å². The van der Waals surface area contributed by atoms with Crippen molar-refractivity contribution in [3.8, 4) is 5.75 Å². The molecular formula is C19H29ClN2O3. The summed E-state index contributed by atoms with van der Waals surface area (Å²) in [5, 5.41) is 0. The molecule has 25 heavy (non-hydrogen) atoms. The third-order valence-electron chi connectivity index (χ3n) is 4.52. The Hall–Kier alpha value is -1.59. The van der Waals surface area contributed by atoms with Crippen molar-refractivity contribution in [2.75, 3.05) is 13.2 Å². The van der Waals surface area contributed by atoms with E-state index in [-0.39, 0.29) is 36.2 Å². The maximum Gasteiger partial charge on any atom is 0.222 e. The van der Waals surface area contributed by atoms with Gasteiger partial charge in [0.25, 0.3) is 0 Å². The first-order chi connectivity index (χ1) is 11.5. The predicted molar refractivity (Wildman–Crippen MR) is 101 cm³/mol. The standard InChI is InChI=1S/C19H28N2O3.ClH/c1-14(20)18-9-3-4-11-21(18)19(23)10-6-12-24-17-8-5-7-16(13-17)15(2)22;/h5,7-8,13-14,18H,3-4,6,9-12,20H2,1-2H3;1H. The molecule has 1 heterocycles. The van der Waals surface area contributed by atoms with Crippen LogP contribution in [0.25, 0.3) is 0 Å². The number of nitrogens with zero attached hydrogens (tertiary/aromatic N) is 1. The quantitative estimate of drug-likeness (QED) is 0.592. The molecule has 1 fully saturated rings. The molecule has 2 atom stereocenters. The number of ether oxygens (including phenoxy) is 1. The minimum absolute atomic E-state index is 0. The summed E-state index contributed by atoms with van der Waals surface area (Å²) in [7, 11) is 0. The van der Waals surface area contributed by atoms with E-state index in [2.05, 4.69) is 0 Å². The number of halogens is 1. The molecule has 0 bridgehead atoms. The van der Waals surface area contributed by atoms with Gasteiger partial charge < -0.3 is 15.4 Å². The fourth-order valence-corrected chi connectivity index (χ4v) is 3.18. The Morgan fingerprint density at radius 3 is 2.80 bits per heavy atom. The fraction of sp³-hybridized carbons (Fsp3) is 0.579. The second-order valence-corrected chi connectivity index (χ2v) is 6.55. The van der Waals surface area contributed by atoms with Crippen molar-refractivity contribution in [2.45, 2.75) is 58.0 Å². The molecule has 1 aromatic rings. The van der Waals surface area contributed by atoms with Crippen LogP contribution in [-0.2, 0) is 4.79 Å². The highest BCUT2D eigenvalue weighted by molar-refractivity contribution is 5.94. The summed E-state index contributed by atoms with van der Waals surface area (Å²) in [4.78, 5) is 25.7. The van der Waals surface area contributed by atoms with Gasteiger partial charge in [-0.3, -0.25) is 9.59 Å². The van der Waals surface area contributed by atoms with Gasteiger partial charge in [-0.25, -0.2) is 0 Å². The molecule has 0 radical (unpaired) electrons. The van der Waals surface area contributed by atoms with E-state index in [1.165, 1.54) is 6.92 Å². The summed E-state index contributed by atoms with van der Waals surface area (Å²) in [6, 6.07) is 7.31.